The molecule has 0 amide bonds. The van der Waals surface area contributed by atoms with Crippen LogP contribution in [0.3, 0.4) is 0 Å². The maximum Gasteiger partial charge on any atom is 0.527 e. The molecule has 0 spiro atoms. The molecule has 0 aliphatic carbocycles. The van der Waals surface area contributed by atoms with E-state index in [-0.39, 0.29) is 0 Å². The van der Waals surface area contributed by atoms with Gasteiger partial charge < -0.3 is 0 Å². The zero-order valence-electron chi connectivity index (χ0n) is 12.1. The summed E-state index contributed by atoms with van der Waals surface area (Å²) in [4.78, 5) is 4.25. The number of aromatic nitrogens is 2. The van der Waals surface area contributed by atoms with Gasteiger partial charge in [-0.15, -0.1) is 13.2 Å². The number of halogens is 13. The number of aryl methyl sites for hydroxylation is 1. The third kappa shape index (κ3) is 5.30. The standard InChI is InChI=1S/C10H3F13N2O2/c1-2-3(11)4(6(12,13)14)25-5(24-2)7(15,16)26-8(17,18)9(19,20)27-10(21,22)23/h1H3. The van der Waals surface area contributed by atoms with E-state index in [0.717, 1.165) is 0 Å². The fourth-order valence-corrected chi connectivity index (χ4v) is 1.35. The molecule has 0 unspecified atom stereocenters. The Balaban J connectivity index is 3.33. The van der Waals surface area contributed by atoms with Gasteiger partial charge in [0, 0.05) is 0 Å². The SMILES string of the molecule is Cc1nc(C(F)(F)OC(F)(F)C(F)(F)OC(F)(F)F)nc(C(F)(F)F)c1F. The lowest BCUT2D eigenvalue weighted by Crippen LogP contribution is -2.50. The van der Waals surface area contributed by atoms with Crippen LogP contribution in [0.15, 0.2) is 0 Å². The van der Waals surface area contributed by atoms with Gasteiger partial charge in [-0.25, -0.2) is 23.8 Å². The molecule has 0 aliphatic rings. The highest BCUT2D eigenvalue weighted by Crippen LogP contribution is 2.45. The van der Waals surface area contributed by atoms with E-state index in [1.54, 1.807) is 4.74 Å². The van der Waals surface area contributed by atoms with Crippen molar-refractivity contribution in [2.45, 2.75) is 37.8 Å². The van der Waals surface area contributed by atoms with Gasteiger partial charge >= 0.3 is 30.9 Å². The Kier molecular flexibility index (Phi) is 5.66. The lowest BCUT2D eigenvalue weighted by Gasteiger charge is -2.28. The minimum absolute atomic E-state index is 0.353. The van der Waals surface area contributed by atoms with E-state index < -0.39 is 53.9 Å². The van der Waals surface area contributed by atoms with E-state index in [9.17, 15) is 57.1 Å². The maximum absolute atomic E-state index is 13.5. The molecule has 0 saturated heterocycles. The van der Waals surface area contributed by atoms with Crippen LogP contribution < -0.4 is 0 Å². The van der Waals surface area contributed by atoms with Crippen LogP contribution >= 0.6 is 0 Å². The molecule has 27 heavy (non-hydrogen) atoms. The third-order valence-corrected chi connectivity index (χ3v) is 2.38. The molecule has 0 bridgehead atoms. The quantitative estimate of drug-likeness (QED) is 0.634. The summed E-state index contributed by atoms with van der Waals surface area (Å²) in [7, 11) is 0. The van der Waals surface area contributed by atoms with Crippen LogP contribution in [0.4, 0.5) is 57.1 Å². The second-order valence-corrected chi connectivity index (χ2v) is 4.49. The zero-order chi connectivity index (χ0) is 21.6. The molecular weight excluding hydrogens is 427 g/mol. The summed E-state index contributed by atoms with van der Waals surface area (Å²) in [5.74, 6) is -4.96. The molecule has 1 aromatic heterocycles. The predicted octanol–water partition coefficient (Wildman–Crippen LogP) is 4.73. The maximum atomic E-state index is 13.5. The normalized spacial score (nSPS) is 14.6. The van der Waals surface area contributed by atoms with Crippen molar-refractivity contribution in [2.75, 3.05) is 0 Å². The molecule has 17 heteroatoms. The number of nitrogens with zero attached hydrogens (tertiary/aromatic N) is 2. The number of hydrogen-bond donors (Lipinski definition) is 0. The smallest absolute Gasteiger partial charge is 0.242 e. The number of ether oxygens (including phenoxy) is 2. The molecule has 0 aromatic carbocycles. The number of alkyl halides is 12. The minimum Gasteiger partial charge on any atom is -0.242 e. The Bertz CT molecular complexity index is 698. The first-order valence-electron chi connectivity index (χ1n) is 5.92. The topological polar surface area (TPSA) is 44.2 Å². The van der Waals surface area contributed by atoms with Gasteiger partial charge in [0.2, 0.25) is 5.82 Å². The first-order valence-corrected chi connectivity index (χ1v) is 5.92. The summed E-state index contributed by atoms with van der Waals surface area (Å²) in [6.07, 6.45) is -31.5. The average molecular weight is 430 g/mol. The second-order valence-electron chi connectivity index (χ2n) is 4.49. The second kappa shape index (κ2) is 6.61. The van der Waals surface area contributed by atoms with Crippen LogP contribution in [0.1, 0.15) is 17.2 Å². The van der Waals surface area contributed by atoms with E-state index >= 15 is 0 Å². The van der Waals surface area contributed by atoms with Gasteiger partial charge in [0.15, 0.2) is 11.5 Å². The van der Waals surface area contributed by atoms with Crippen LogP contribution in [0, 0.1) is 12.7 Å². The fourth-order valence-electron chi connectivity index (χ4n) is 1.35. The van der Waals surface area contributed by atoms with Crippen molar-refractivity contribution < 1.29 is 66.5 Å². The van der Waals surface area contributed by atoms with Gasteiger partial charge in [-0.1, -0.05) is 0 Å². The van der Waals surface area contributed by atoms with Crippen LogP contribution in [0.5, 0.6) is 0 Å². The monoisotopic (exact) mass is 430 g/mol. The summed E-state index contributed by atoms with van der Waals surface area (Å²) in [6, 6.07) is 0. The highest BCUT2D eigenvalue weighted by Gasteiger charge is 2.68. The van der Waals surface area contributed by atoms with Crippen molar-refractivity contribution >= 4 is 0 Å². The van der Waals surface area contributed by atoms with Crippen molar-refractivity contribution in [3.05, 3.63) is 23.0 Å². The summed E-state index contributed by atoms with van der Waals surface area (Å²) in [6.45, 7) is 0.353. The van der Waals surface area contributed by atoms with Crippen molar-refractivity contribution in [3.63, 3.8) is 0 Å². The molecule has 0 saturated carbocycles. The van der Waals surface area contributed by atoms with Gasteiger partial charge in [0.1, 0.15) is 0 Å². The van der Waals surface area contributed by atoms with Crippen molar-refractivity contribution in [1.82, 2.24) is 9.97 Å². The van der Waals surface area contributed by atoms with Gasteiger partial charge in [0.05, 0.1) is 5.69 Å². The van der Waals surface area contributed by atoms with E-state index in [0.29, 0.717) is 6.92 Å². The summed E-state index contributed by atoms with van der Waals surface area (Å²) >= 11 is 0. The lowest BCUT2D eigenvalue weighted by molar-refractivity contribution is -0.532. The highest BCUT2D eigenvalue weighted by molar-refractivity contribution is 5.17. The van der Waals surface area contributed by atoms with Crippen LogP contribution in [0.2, 0.25) is 0 Å². The predicted molar refractivity (Wildman–Crippen MR) is 53.7 cm³/mol. The average Bonchev–Trinajstić information content (AvgIpc) is 2.35. The molecule has 0 fully saturated rings. The highest BCUT2D eigenvalue weighted by atomic mass is 19.4. The van der Waals surface area contributed by atoms with E-state index in [1.165, 1.54) is 0 Å². The van der Waals surface area contributed by atoms with Gasteiger partial charge in [-0.3, -0.25) is 0 Å². The molecular formula is C10H3F13N2O2. The molecule has 1 aromatic rings. The summed E-state index contributed by atoms with van der Waals surface area (Å²) in [5, 5.41) is 0. The Morgan fingerprint density at radius 2 is 1.15 bits per heavy atom. The van der Waals surface area contributed by atoms with E-state index in [1.807, 2.05) is 4.98 Å². The molecule has 0 aliphatic heterocycles. The Morgan fingerprint density at radius 3 is 1.56 bits per heavy atom. The van der Waals surface area contributed by atoms with Gasteiger partial charge in [0.25, 0.3) is 0 Å². The van der Waals surface area contributed by atoms with E-state index in [4.69, 9.17) is 0 Å². The molecule has 1 rings (SSSR count). The summed E-state index contributed by atoms with van der Waals surface area (Å²) in [5.41, 5.74) is -4.16. The molecule has 0 radical (unpaired) electrons. The fraction of sp³-hybridized carbons (Fsp3) is 0.600. The number of hydrogen-bond acceptors (Lipinski definition) is 4. The Morgan fingerprint density at radius 1 is 0.704 bits per heavy atom. The van der Waals surface area contributed by atoms with Crippen LogP contribution in [0.25, 0.3) is 0 Å². The summed E-state index contributed by atoms with van der Waals surface area (Å²) < 4.78 is 168. The zero-order valence-corrected chi connectivity index (χ0v) is 12.1. The number of rotatable bonds is 5. The molecule has 156 valence electrons. The Labute approximate surface area is 138 Å². The molecule has 4 nitrogen and oxygen atoms in total. The van der Waals surface area contributed by atoms with Crippen molar-refractivity contribution in [2.24, 2.45) is 0 Å². The molecule has 0 N–H and O–H groups in total. The van der Waals surface area contributed by atoms with Crippen molar-refractivity contribution in [3.8, 4) is 0 Å². The lowest BCUT2D eigenvalue weighted by atomic mass is 10.3. The molecule has 1 heterocycles. The van der Waals surface area contributed by atoms with Gasteiger partial charge in [-0.2, -0.15) is 39.5 Å². The third-order valence-electron chi connectivity index (χ3n) is 2.38. The minimum atomic E-state index is -6.73. The van der Waals surface area contributed by atoms with Crippen LogP contribution in [-0.4, -0.2) is 28.5 Å². The van der Waals surface area contributed by atoms with Crippen LogP contribution in [-0.2, 0) is 21.8 Å². The van der Waals surface area contributed by atoms with Crippen molar-refractivity contribution in [1.29, 1.82) is 0 Å². The first kappa shape index (κ1) is 23.1. The van der Waals surface area contributed by atoms with Gasteiger partial charge in [-0.05, 0) is 6.92 Å². The Hall–Kier alpha value is -1.91. The largest absolute Gasteiger partial charge is 0.527 e. The first-order chi connectivity index (χ1) is 11.7. The molecule has 0 atom stereocenters. The van der Waals surface area contributed by atoms with E-state index in [2.05, 4.69) is 9.72 Å².